The van der Waals surface area contributed by atoms with Crippen LogP contribution in [0.3, 0.4) is 0 Å². The smallest absolute Gasteiger partial charge is 0.253 e. The second-order valence-electron chi connectivity index (χ2n) is 4.10. The SMILES string of the molecule is O=C1NCC(c2cc(Cl)ncc2Cl)c2[nH]ccc21. The molecule has 2 aromatic rings. The molecule has 0 spiro atoms. The molecule has 0 aromatic carbocycles. The molecule has 92 valence electrons. The number of rotatable bonds is 1. The number of H-pyrrole nitrogens is 1. The van der Waals surface area contributed by atoms with E-state index in [0.29, 0.717) is 22.3 Å². The fraction of sp³-hybridized carbons (Fsp3) is 0.167. The van der Waals surface area contributed by atoms with Gasteiger partial charge in [-0.2, -0.15) is 0 Å². The van der Waals surface area contributed by atoms with Gasteiger partial charge in [0.2, 0.25) is 0 Å². The largest absolute Gasteiger partial charge is 0.364 e. The second kappa shape index (κ2) is 4.30. The molecule has 3 heterocycles. The number of nitrogens with zero attached hydrogens (tertiary/aromatic N) is 1. The van der Waals surface area contributed by atoms with Crippen LogP contribution in [0.25, 0.3) is 0 Å². The number of carbonyl (C=O) groups is 1. The lowest BCUT2D eigenvalue weighted by Crippen LogP contribution is -2.35. The molecular weight excluding hydrogens is 273 g/mol. The summed E-state index contributed by atoms with van der Waals surface area (Å²) in [6, 6.07) is 3.49. The van der Waals surface area contributed by atoms with E-state index in [1.807, 2.05) is 0 Å². The molecule has 0 radical (unpaired) electrons. The van der Waals surface area contributed by atoms with Crippen LogP contribution in [0, 0.1) is 0 Å². The number of aromatic nitrogens is 2. The van der Waals surface area contributed by atoms with Crippen LogP contribution in [0.2, 0.25) is 10.2 Å². The molecule has 0 saturated heterocycles. The Hall–Kier alpha value is -1.52. The number of fused-ring (bicyclic) bond motifs is 1. The van der Waals surface area contributed by atoms with Gasteiger partial charge in [-0.1, -0.05) is 23.2 Å². The summed E-state index contributed by atoms with van der Waals surface area (Å²) in [5.41, 5.74) is 2.37. The van der Waals surface area contributed by atoms with Crippen LogP contribution < -0.4 is 5.32 Å². The predicted octanol–water partition coefficient (Wildman–Crippen LogP) is 2.59. The highest BCUT2D eigenvalue weighted by Gasteiger charge is 2.29. The maximum atomic E-state index is 11.7. The van der Waals surface area contributed by atoms with E-state index >= 15 is 0 Å². The summed E-state index contributed by atoms with van der Waals surface area (Å²) in [6.07, 6.45) is 3.28. The fourth-order valence-electron chi connectivity index (χ4n) is 2.22. The Bertz CT molecular complexity index is 624. The van der Waals surface area contributed by atoms with Gasteiger partial charge >= 0.3 is 0 Å². The summed E-state index contributed by atoms with van der Waals surface area (Å²) in [4.78, 5) is 18.7. The van der Waals surface area contributed by atoms with Gasteiger partial charge in [0.15, 0.2) is 0 Å². The number of amides is 1. The molecular formula is C12H9Cl2N3O. The van der Waals surface area contributed by atoms with Crippen molar-refractivity contribution in [2.75, 3.05) is 6.54 Å². The molecule has 1 atom stereocenters. The van der Waals surface area contributed by atoms with E-state index in [9.17, 15) is 4.79 Å². The van der Waals surface area contributed by atoms with Gasteiger partial charge in [-0.25, -0.2) is 4.98 Å². The summed E-state index contributed by atoms with van der Waals surface area (Å²) in [5.74, 6) is -0.0977. The summed E-state index contributed by atoms with van der Waals surface area (Å²) in [6.45, 7) is 0.492. The standard InChI is InChI=1S/C12H9Cl2N3O/c13-9-5-16-10(14)3-7(9)8-4-17-12(18)6-1-2-15-11(6)8/h1-3,5,8,15H,4H2,(H,17,18). The van der Waals surface area contributed by atoms with Crippen molar-refractivity contribution in [1.82, 2.24) is 15.3 Å². The Morgan fingerprint density at radius 1 is 1.39 bits per heavy atom. The average molecular weight is 282 g/mol. The summed E-state index contributed by atoms with van der Waals surface area (Å²) < 4.78 is 0. The van der Waals surface area contributed by atoms with E-state index in [1.54, 1.807) is 18.3 Å². The van der Waals surface area contributed by atoms with Gasteiger partial charge in [0.05, 0.1) is 10.6 Å². The Kier molecular flexibility index (Phi) is 2.76. The Morgan fingerprint density at radius 3 is 3.06 bits per heavy atom. The zero-order valence-electron chi connectivity index (χ0n) is 9.21. The zero-order valence-corrected chi connectivity index (χ0v) is 10.7. The van der Waals surface area contributed by atoms with Crippen LogP contribution in [-0.4, -0.2) is 22.4 Å². The van der Waals surface area contributed by atoms with Crippen LogP contribution in [0.4, 0.5) is 0 Å². The molecule has 1 aliphatic heterocycles. The second-order valence-corrected chi connectivity index (χ2v) is 4.89. The van der Waals surface area contributed by atoms with Gasteiger partial charge in [0, 0.05) is 30.6 Å². The first-order chi connectivity index (χ1) is 8.66. The van der Waals surface area contributed by atoms with E-state index in [1.165, 1.54) is 6.20 Å². The summed E-state index contributed by atoms with van der Waals surface area (Å²) in [5, 5.41) is 3.77. The van der Waals surface area contributed by atoms with Crippen LogP contribution in [0.1, 0.15) is 27.5 Å². The maximum Gasteiger partial charge on any atom is 0.253 e. The van der Waals surface area contributed by atoms with E-state index < -0.39 is 0 Å². The Balaban J connectivity index is 2.12. The maximum absolute atomic E-state index is 11.7. The lowest BCUT2D eigenvalue weighted by molar-refractivity contribution is 0.0942. The minimum atomic E-state index is -0.0706. The third-order valence-electron chi connectivity index (χ3n) is 3.07. The van der Waals surface area contributed by atoms with Gasteiger partial charge in [0.25, 0.3) is 5.91 Å². The number of pyridine rings is 1. The van der Waals surface area contributed by atoms with Crippen molar-refractivity contribution in [3.8, 4) is 0 Å². The van der Waals surface area contributed by atoms with E-state index in [4.69, 9.17) is 23.2 Å². The minimum absolute atomic E-state index is 0.0271. The first-order valence-electron chi connectivity index (χ1n) is 5.43. The molecule has 0 bridgehead atoms. The van der Waals surface area contributed by atoms with Crippen molar-refractivity contribution < 1.29 is 4.79 Å². The first kappa shape index (κ1) is 11.6. The molecule has 3 rings (SSSR count). The van der Waals surface area contributed by atoms with Crippen LogP contribution in [-0.2, 0) is 0 Å². The number of hydrogen-bond acceptors (Lipinski definition) is 2. The zero-order chi connectivity index (χ0) is 12.7. The molecule has 2 aromatic heterocycles. The highest BCUT2D eigenvalue weighted by atomic mass is 35.5. The number of halogens is 2. The number of aromatic amines is 1. The molecule has 1 aliphatic rings. The fourth-order valence-corrected chi connectivity index (χ4v) is 2.62. The molecule has 6 heteroatoms. The van der Waals surface area contributed by atoms with Crippen LogP contribution in [0.5, 0.6) is 0 Å². The predicted molar refractivity (Wildman–Crippen MR) is 69.2 cm³/mol. The third-order valence-corrected chi connectivity index (χ3v) is 3.59. The molecule has 0 aliphatic carbocycles. The molecule has 1 amide bonds. The number of carbonyl (C=O) groups excluding carboxylic acids is 1. The lowest BCUT2D eigenvalue weighted by atomic mass is 9.91. The van der Waals surface area contributed by atoms with Crippen molar-refractivity contribution in [3.63, 3.8) is 0 Å². The Labute approximate surface area is 113 Å². The molecule has 4 nitrogen and oxygen atoms in total. The molecule has 0 saturated carbocycles. The quantitative estimate of drug-likeness (QED) is 0.790. The Morgan fingerprint density at radius 2 is 2.22 bits per heavy atom. The van der Waals surface area contributed by atoms with Crippen LogP contribution in [0.15, 0.2) is 24.5 Å². The third kappa shape index (κ3) is 1.78. The molecule has 18 heavy (non-hydrogen) atoms. The minimum Gasteiger partial charge on any atom is -0.364 e. The first-order valence-corrected chi connectivity index (χ1v) is 6.19. The normalized spacial score (nSPS) is 18.3. The van der Waals surface area contributed by atoms with Crippen molar-refractivity contribution >= 4 is 29.1 Å². The number of nitrogens with one attached hydrogen (secondary N) is 2. The van der Waals surface area contributed by atoms with Crippen LogP contribution >= 0.6 is 23.2 Å². The van der Waals surface area contributed by atoms with E-state index in [-0.39, 0.29) is 11.8 Å². The van der Waals surface area contributed by atoms with Crippen molar-refractivity contribution in [2.24, 2.45) is 0 Å². The highest BCUT2D eigenvalue weighted by Crippen LogP contribution is 2.33. The molecule has 0 fully saturated rings. The van der Waals surface area contributed by atoms with Crippen molar-refractivity contribution in [1.29, 1.82) is 0 Å². The van der Waals surface area contributed by atoms with Gasteiger partial charge in [0.1, 0.15) is 5.15 Å². The number of hydrogen-bond donors (Lipinski definition) is 2. The molecule has 2 N–H and O–H groups in total. The van der Waals surface area contributed by atoms with Gasteiger partial charge in [-0.05, 0) is 17.7 Å². The van der Waals surface area contributed by atoms with E-state index in [2.05, 4.69) is 15.3 Å². The topological polar surface area (TPSA) is 57.8 Å². The van der Waals surface area contributed by atoms with Gasteiger partial charge < -0.3 is 10.3 Å². The van der Waals surface area contributed by atoms with E-state index in [0.717, 1.165) is 11.3 Å². The van der Waals surface area contributed by atoms with Crippen molar-refractivity contribution in [3.05, 3.63) is 51.5 Å². The van der Waals surface area contributed by atoms with Gasteiger partial charge in [-0.3, -0.25) is 4.79 Å². The summed E-state index contributed by atoms with van der Waals surface area (Å²) >= 11 is 12.1. The average Bonchev–Trinajstić information content (AvgIpc) is 2.83. The van der Waals surface area contributed by atoms with Crippen molar-refractivity contribution in [2.45, 2.75) is 5.92 Å². The van der Waals surface area contributed by atoms with Gasteiger partial charge in [-0.15, -0.1) is 0 Å². The highest BCUT2D eigenvalue weighted by molar-refractivity contribution is 6.32. The summed E-state index contributed by atoms with van der Waals surface area (Å²) in [7, 11) is 0. The monoisotopic (exact) mass is 281 g/mol. The molecule has 1 unspecified atom stereocenters. The lowest BCUT2D eigenvalue weighted by Gasteiger charge is -2.24.